The standard InChI is InChI=1S/C23H32N2O2/c1-17(27)4-5-18-8-10-20(11-9-18)23-21-15-24(14-19-6-7-19)12-2-3-13-25(21)22(23)16-26/h8-11,17,19,21-23,26-27H,2-3,6-7,12-16H2,1H3/t17-,21+,22+,23-/m0/s1. The minimum atomic E-state index is -0.601. The van der Waals surface area contributed by atoms with Crippen molar-refractivity contribution < 1.29 is 10.2 Å². The Labute approximate surface area is 163 Å². The van der Waals surface area contributed by atoms with Crippen molar-refractivity contribution in [1.82, 2.24) is 9.80 Å². The van der Waals surface area contributed by atoms with E-state index in [4.69, 9.17) is 0 Å². The molecule has 0 amide bonds. The molecule has 0 bridgehead atoms. The summed E-state index contributed by atoms with van der Waals surface area (Å²) in [6.45, 7) is 6.63. The van der Waals surface area contributed by atoms with Gasteiger partial charge in [0.25, 0.3) is 0 Å². The van der Waals surface area contributed by atoms with Crippen LogP contribution in [0.5, 0.6) is 0 Å². The molecule has 4 nitrogen and oxygen atoms in total. The van der Waals surface area contributed by atoms with Gasteiger partial charge in [-0.2, -0.15) is 0 Å². The molecule has 0 spiro atoms. The molecule has 4 atom stereocenters. The molecule has 2 saturated heterocycles. The fourth-order valence-electron chi connectivity index (χ4n) is 4.82. The van der Waals surface area contributed by atoms with Crippen molar-refractivity contribution in [1.29, 1.82) is 0 Å². The molecular weight excluding hydrogens is 336 g/mol. The summed E-state index contributed by atoms with van der Waals surface area (Å²) in [7, 11) is 0. The minimum Gasteiger partial charge on any atom is -0.395 e. The molecule has 3 aliphatic rings. The highest BCUT2D eigenvalue weighted by Crippen LogP contribution is 2.42. The van der Waals surface area contributed by atoms with Gasteiger partial charge in [-0.15, -0.1) is 0 Å². The van der Waals surface area contributed by atoms with Crippen molar-refractivity contribution in [3.8, 4) is 11.8 Å². The van der Waals surface area contributed by atoms with Gasteiger partial charge in [0.05, 0.1) is 6.61 Å². The molecule has 1 saturated carbocycles. The molecule has 1 aromatic carbocycles. The van der Waals surface area contributed by atoms with Crippen molar-refractivity contribution in [3.05, 3.63) is 35.4 Å². The molecule has 146 valence electrons. The van der Waals surface area contributed by atoms with E-state index in [0.29, 0.717) is 12.0 Å². The van der Waals surface area contributed by atoms with E-state index >= 15 is 0 Å². The van der Waals surface area contributed by atoms with Gasteiger partial charge < -0.3 is 15.1 Å². The molecule has 4 rings (SSSR count). The van der Waals surface area contributed by atoms with Gasteiger partial charge in [0.1, 0.15) is 6.10 Å². The van der Waals surface area contributed by atoms with Crippen LogP contribution < -0.4 is 0 Å². The van der Waals surface area contributed by atoms with Crippen LogP contribution in [0.1, 0.15) is 49.7 Å². The lowest BCUT2D eigenvalue weighted by Crippen LogP contribution is -2.67. The number of rotatable bonds is 4. The minimum absolute atomic E-state index is 0.230. The Morgan fingerprint density at radius 1 is 1.15 bits per heavy atom. The van der Waals surface area contributed by atoms with Gasteiger partial charge in [-0.1, -0.05) is 24.0 Å². The van der Waals surface area contributed by atoms with Crippen LogP contribution in [0.4, 0.5) is 0 Å². The summed E-state index contributed by atoms with van der Waals surface area (Å²) in [6.07, 6.45) is 4.71. The first-order chi connectivity index (χ1) is 13.2. The van der Waals surface area contributed by atoms with Crippen LogP contribution in [0.3, 0.4) is 0 Å². The van der Waals surface area contributed by atoms with Crippen LogP contribution in [0.2, 0.25) is 0 Å². The van der Waals surface area contributed by atoms with Crippen molar-refractivity contribution in [2.24, 2.45) is 5.92 Å². The molecular formula is C23H32N2O2. The van der Waals surface area contributed by atoms with E-state index in [-0.39, 0.29) is 12.6 Å². The van der Waals surface area contributed by atoms with Gasteiger partial charge in [-0.25, -0.2) is 0 Å². The lowest BCUT2D eigenvalue weighted by molar-refractivity contribution is -0.0649. The van der Waals surface area contributed by atoms with E-state index in [1.807, 2.05) is 12.1 Å². The van der Waals surface area contributed by atoms with E-state index < -0.39 is 6.10 Å². The predicted octanol–water partition coefficient (Wildman–Crippen LogP) is 2.05. The van der Waals surface area contributed by atoms with Crippen LogP contribution in [-0.2, 0) is 0 Å². The van der Waals surface area contributed by atoms with Gasteiger partial charge >= 0.3 is 0 Å². The molecule has 2 aliphatic heterocycles. The van der Waals surface area contributed by atoms with Gasteiger partial charge in [0.2, 0.25) is 0 Å². The molecule has 3 fully saturated rings. The number of nitrogens with zero attached hydrogens (tertiary/aromatic N) is 2. The Hall–Kier alpha value is -1.38. The fraction of sp³-hybridized carbons (Fsp3) is 0.652. The van der Waals surface area contributed by atoms with Crippen LogP contribution >= 0.6 is 0 Å². The Kier molecular flexibility index (Phi) is 5.85. The monoisotopic (exact) mass is 368 g/mol. The molecule has 2 heterocycles. The number of aliphatic hydroxyl groups is 2. The first-order valence-corrected chi connectivity index (χ1v) is 10.5. The molecule has 1 aromatic rings. The van der Waals surface area contributed by atoms with Crippen molar-refractivity contribution in [2.45, 2.75) is 56.7 Å². The fourth-order valence-corrected chi connectivity index (χ4v) is 4.82. The van der Waals surface area contributed by atoms with Crippen molar-refractivity contribution in [3.63, 3.8) is 0 Å². The molecule has 2 N–H and O–H groups in total. The molecule has 4 heteroatoms. The summed E-state index contributed by atoms with van der Waals surface area (Å²) in [6, 6.07) is 9.18. The molecule has 0 unspecified atom stereocenters. The summed E-state index contributed by atoms with van der Waals surface area (Å²) >= 11 is 0. The molecule has 27 heavy (non-hydrogen) atoms. The summed E-state index contributed by atoms with van der Waals surface area (Å²) in [5.41, 5.74) is 2.24. The third kappa shape index (κ3) is 4.38. The Morgan fingerprint density at radius 3 is 2.56 bits per heavy atom. The van der Waals surface area contributed by atoms with E-state index in [9.17, 15) is 10.2 Å². The number of aliphatic hydroxyl groups excluding tert-OH is 2. The lowest BCUT2D eigenvalue weighted by atomic mass is 9.74. The van der Waals surface area contributed by atoms with Crippen molar-refractivity contribution in [2.75, 3.05) is 32.8 Å². The van der Waals surface area contributed by atoms with Gasteiger partial charge in [0.15, 0.2) is 0 Å². The summed E-state index contributed by atoms with van der Waals surface area (Å²) in [5, 5.41) is 19.4. The normalized spacial score (nSPS) is 30.3. The molecule has 0 radical (unpaired) electrons. The highest BCUT2D eigenvalue weighted by atomic mass is 16.3. The van der Waals surface area contributed by atoms with Gasteiger partial charge in [0, 0.05) is 36.7 Å². The van der Waals surface area contributed by atoms with Crippen LogP contribution in [0, 0.1) is 17.8 Å². The third-order valence-corrected chi connectivity index (χ3v) is 6.39. The zero-order valence-corrected chi connectivity index (χ0v) is 16.3. The second-order valence-corrected chi connectivity index (χ2v) is 8.56. The average molecular weight is 369 g/mol. The largest absolute Gasteiger partial charge is 0.395 e. The summed E-state index contributed by atoms with van der Waals surface area (Å²) in [5.74, 6) is 7.14. The molecule has 1 aliphatic carbocycles. The van der Waals surface area contributed by atoms with Gasteiger partial charge in [-0.3, -0.25) is 4.90 Å². The first-order valence-electron chi connectivity index (χ1n) is 10.5. The maximum atomic E-state index is 10.0. The zero-order chi connectivity index (χ0) is 18.8. The number of fused-ring (bicyclic) bond motifs is 1. The summed E-state index contributed by atoms with van der Waals surface area (Å²) in [4.78, 5) is 5.22. The smallest absolute Gasteiger partial charge is 0.112 e. The zero-order valence-electron chi connectivity index (χ0n) is 16.3. The van der Waals surface area contributed by atoms with Crippen molar-refractivity contribution >= 4 is 0 Å². The maximum Gasteiger partial charge on any atom is 0.112 e. The predicted molar refractivity (Wildman–Crippen MR) is 108 cm³/mol. The van der Waals surface area contributed by atoms with Crippen LogP contribution in [0.25, 0.3) is 0 Å². The SMILES string of the molecule is C[C@H](O)C#Cc1ccc([C@@H]2[C@@H](CO)N3CCCCN(CC4CC4)C[C@H]23)cc1. The topological polar surface area (TPSA) is 46.9 Å². The molecule has 0 aromatic heterocycles. The van der Waals surface area contributed by atoms with Gasteiger partial charge in [-0.05, 0) is 69.3 Å². The second kappa shape index (κ2) is 8.32. The average Bonchev–Trinajstić information content (AvgIpc) is 3.45. The first kappa shape index (κ1) is 19.0. The Morgan fingerprint density at radius 2 is 1.89 bits per heavy atom. The van der Waals surface area contributed by atoms with E-state index in [0.717, 1.165) is 24.6 Å². The number of hydrogen-bond acceptors (Lipinski definition) is 4. The Balaban J connectivity index is 1.50. The highest BCUT2D eigenvalue weighted by molar-refractivity contribution is 5.39. The van der Waals surface area contributed by atoms with Crippen LogP contribution in [-0.4, -0.2) is 71.0 Å². The summed E-state index contributed by atoms with van der Waals surface area (Å²) < 4.78 is 0. The Bertz CT molecular complexity index is 687. The quantitative estimate of drug-likeness (QED) is 0.799. The lowest BCUT2D eigenvalue weighted by Gasteiger charge is -2.57. The maximum absolute atomic E-state index is 10.0. The highest BCUT2D eigenvalue weighted by Gasteiger charge is 2.49. The second-order valence-electron chi connectivity index (χ2n) is 8.56. The van der Waals surface area contributed by atoms with E-state index in [1.54, 1.807) is 6.92 Å². The third-order valence-electron chi connectivity index (χ3n) is 6.39. The van der Waals surface area contributed by atoms with E-state index in [2.05, 4.69) is 33.8 Å². The number of hydrogen-bond donors (Lipinski definition) is 2. The van der Waals surface area contributed by atoms with Crippen LogP contribution in [0.15, 0.2) is 24.3 Å². The van der Waals surface area contributed by atoms with E-state index in [1.165, 1.54) is 44.3 Å². The number of benzene rings is 1.